The number of piperidine rings is 2. The first kappa shape index (κ1) is 33.2. The van der Waals surface area contributed by atoms with E-state index in [9.17, 15) is 14.7 Å². The molecule has 0 bridgehead atoms. The number of benzene rings is 2. The quantitative estimate of drug-likeness (QED) is 0.229. The zero-order chi connectivity index (χ0) is 32.8. The van der Waals surface area contributed by atoms with E-state index >= 15 is 0 Å². The molecule has 0 spiro atoms. The fourth-order valence-electron chi connectivity index (χ4n) is 6.60. The molecule has 244 valence electrons. The van der Waals surface area contributed by atoms with Gasteiger partial charge in [0.15, 0.2) is 5.65 Å². The Morgan fingerprint density at radius 2 is 1.65 bits per heavy atom. The minimum atomic E-state index is -0.801. The number of anilines is 3. The van der Waals surface area contributed by atoms with Gasteiger partial charge in [-0.05, 0) is 99.9 Å². The van der Waals surface area contributed by atoms with Crippen LogP contribution in [0.5, 0.6) is 0 Å². The number of hydrogen-bond donors (Lipinski definition) is 2. The van der Waals surface area contributed by atoms with Crippen LogP contribution in [0, 0.1) is 0 Å². The molecule has 6 rings (SSSR count). The number of halogens is 1. The summed E-state index contributed by atoms with van der Waals surface area (Å²) in [6, 6.07) is 19.3. The van der Waals surface area contributed by atoms with Gasteiger partial charge in [-0.15, -0.1) is 5.10 Å². The molecule has 2 aromatic heterocycles. The van der Waals surface area contributed by atoms with Crippen molar-refractivity contribution in [2.24, 2.45) is 0 Å². The van der Waals surface area contributed by atoms with Crippen LogP contribution in [0.2, 0.25) is 5.02 Å². The van der Waals surface area contributed by atoms with E-state index in [0.29, 0.717) is 42.5 Å². The van der Waals surface area contributed by atoms with Crippen molar-refractivity contribution in [3.8, 4) is 0 Å². The lowest BCUT2D eigenvalue weighted by Gasteiger charge is -2.42. The van der Waals surface area contributed by atoms with Crippen LogP contribution in [0.25, 0.3) is 5.65 Å². The zero-order valence-electron chi connectivity index (χ0n) is 27.1. The Morgan fingerprint density at radius 3 is 2.28 bits per heavy atom. The summed E-state index contributed by atoms with van der Waals surface area (Å²) in [5, 5.41) is 18.3. The Hall–Kier alpha value is -4.15. The summed E-state index contributed by atoms with van der Waals surface area (Å²) in [6.45, 7) is 7.39. The highest BCUT2D eigenvalue weighted by atomic mass is 35.5. The number of nitrogens with one attached hydrogen (secondary N) is 1. The first-order chi connectivity index (χ1) is 22.2. The van der Waals surface area contributed by atoms with Gasteiger partial charge in [0.25, 0.3) is 5.91 Å². The van der Waals surface area contributed by atoms with Crippen LogP contribution in [-0.2, 0) is 10.2 Å². The van der Waals surface area contributed by atoms with Crippen molar-refractivity contribution in [1.29, 1.82) is 0 Å². The number of carbonyl (C=O) groups excluding carboxylic acids is 1. The summed E-state index contributed by atoms with van der Waals surface area (Å²) in [6.07, 6.45) is 5.30. The van der Waals surface area contributed by atoms with E-state index in [0.717, 1.165) is 48.5 Å². The standard InChI is InChI=1S/C33H38ClN7O3.C2H6/c1-38-18-13-27(14-19-38)39(2)31(44)23-5-11-26(12-6-23)35-32-36-30-28(4-3-17-41(30)37-32)40-20-15-33(16-21-40,22-29(42)43)24-7-9-25(34)10-8-24;1-2/h3-12,17,27H,13-16,18-22H2,1-2H3,(H,35,37)(H,42,43);1-2H3. The smallest absolute Gasteiger partial charge is 0.304 e. The van der Waals surface area contributed by atoms with Crippen LogP contribution in [-0.4, -0.2) is 87.7 Å². The van der Waals surface area contributed by atoms with Gasteiger partial charge in [-0.2, -0.15) is 4.98 Å². The van der Waals surface area contributed by atoms with Crippen molar-refractivity contribution in [3.05, 3.63) is 83.0 Å². The average Bonchev–Trinajstić information content (AvgIpc) is 3.49. The maximum atomic E-state index is 13.1. The van der Waals surface area contributed by atoms with E-state index in [2.05, 4.69) is 27.3 Å². The number of aliphatic carboxylic acids is 1. The van der Waals surface area contributed by atoms with Crippen molar-refractivity contribution < 1.29 is 14.7 Å². The highest BCUT2D eigenvalue weighted by molar-refractivity contribution is 6.30. The average molecular weight is 646 g/mol. The molecule has 0 unspecified atom stereocenters. The third-order valence-electron chi connectivity index (χ3n) is 9.29. The molecule has 2 N–H and O–H groups in total. The lowest BCUT2D eigenvalue weighted by atomic mass is 9.70. The third-order valence-corrected chi connectivity index (χ3v) is 9.55. The Balaban J connectivity index is 0.00000204. The topological polar surface area (TPSA) is 106 Å². The Bertz CT molecular complexity index is 1620. The normalized spacial score (nSPS) is 16.8. The van der Waals surface area contributed by atoms with E-state index in [4.69, 9.17) is 16.6 Å². The largest absolute Gasteiger partial charge is 0.481 e. The summed E-state index contributed by atoms with van der Waals surface area (Å²) >= 11 is 6.11. The van der Waals surface area contributed by atoms with Crippen molar-refractivity contribution in [2.75, 3.05) is 50.5 Å². The lowest BCUT2D eigenvalue weighted by Crippen LogP contribution is -2.44. The van der Waals surface area contributed by atoms with Gasteiger partial charge in [-0.25, -0.2) is 4.52 Å². The third kappa shape index (κ3) is 7.29. The molecule has 4 heterocycles. The van der Waals surface area contributed by atoms with Crippen LogP contribution >= 0.6 is 11.6 Å². The molecule has 11 heteroatoms. The molecule has 46 heavy (non-hydrogen) atoms. The molecule has 1 amide bonds. The number of carbonyl (C=O) groups is 2. The summed E-state index contributed by atoms with van der Waals surface area (Å²) in [4.78, 5) is 36.2. The summed E-state index contributed by atoms with van der Waals surface area (Å²) < 4.78 is 1.75. The minimum absolute atomic E-state index is 0.0339. The molecule has 0 aliphatic carbocycles. The van der Waals surface area contributed by atoms with Gasteiger partial charge < -0.3 is 25.1 Å². The molecule has 2 fully saturated rings. The number of amides is 1. The van der Waals surface area contributed by atoms with Crippen molar-refractivity contribution >= 4 is 46.4 Å². The van der Waals surface area contributed by atoms with Crippen LogP contribution in [0.15, 0.2) is 66.9 Å². The Kier molecular flexibility index (Phi) is 10.5. The maximum Gasteiger partial charge on any atom is 0.304 e. The summed E-state index contributed by atoms with van der Waals surface area (Å²) in [5.41, 5.74) is 3.68. The second-order valence-electron chi connectivity index (χ2n) is 12.1. The molecule has 0 atom stereocenters. The van der Waals surface area contributed by atoms with Gasteiger partial charge in [-0.3, -0.25) is 9.59 Å². The number of nitrogens with zero attached hydrogens (tertiary/aromatic N) is 6. The molecule has 2 aliphatic heterocycles. The molecule has 2 aliphatic rings. The van der Waals surface area contributed by atoms with Gasteiger partial charge in [0.05, 0.1) is 12.1 Å². The van der Waals surface area contributed by atoms with Crippen LogP contribution in [0.1, 0.15) is 61.9 Å². The van der Waals surface area contributed by atoms with E-state index < -0.39 is 11.4 Å². The SMILES string of the molecule is CC.CN1CCC(N(C)C(=O)c2ccc(Nc3nc4c(N5CCC(CC(=O)O)(c6ccc(Cl)cc6)CC5)cccn4n3)cc2)CC1. The second kappa shape index (κ2) is 14.5. The molecule has 10 nitrogen and oxygen atoms in total. The number of likely N-dealkylation sites (tertiary alicyclic amines) is 1. The highest BCUT2D eigenvalue weighted by Gasteiger charge is 2.39. The molecule has 4 aromatic rings. The molecular formula is C35H44ClN7O3. The van der Waals surface area contributed by atoms with Gasteiger partial charge in [0, 0.05) is 54.1 Å². The number of aromatic nitrogens is 3. The molecule has 0 radical (unpaired) electrons. The second-order valence-corrected chi connectivity index (χ2v) is 12.5. The fourth-order valence-corrected chi connectivity index (χ4v) is 6.73. The van der Waals surface area contributed by atoms with E-state index in [1.54, 1.807) is 4.52 Å². The highest BCUT2D eigenvalue weighted by Crippen LogP contribution is 2.41. The van der Waals surface area contributed by atoms with Crippen LogP contribution < -0.4 is 10.2 Å². The summed E-state index contributed by atoms with van der Waals surface area (Å²) in [7, 11) is 4.02. The number of hydrogen-bond acceptors (Lipinski definition) is 7. The number of pyridine rings is 1. The van der Waals surface area contributed by atoms with E-state index in [1.165, 1.54) is 0 Å². The van der Waals surface area contributed by atoms with Gasteiger partial charge in [-0.1, -0.05) is 37.6 Å². The Labute approximate surface area is 276 Å². The number of fused-ring (bicyclic) bond motifs is 1. The summed E-state index contributed by atoms with van der Waals surface area (Å²) in [5.74, 6) is -0.310. The monoisotopic (exact) mass is 645 g/mol. The van der Waals surface area contributed by atoms with Gasteiger partial charge in [0.2, 0.25) is 5.95 Å². The van der Waals surface area contributed by atoms with E-state index in [1.807, 2.05) is 92.7 Å². The molecule has 0 saturated carbocycles. The predicted molar refractivity (Wildman–Crippen MR) is 184 cm³/mol. The first-order valence-electron chi connectivity index (χ1n) is 16.1. The molecule has 2 saturated heterocycles. The van der Waals surface area contributed by atoms with Crippen molar-refractivity contribution in [3.63, 3.8) is 0 Å². The van der Waals surface area contributed by atoms with E-state index in [-0.39, 0.29) is 18.4 Å². The molecule has 2 aromatic carbocycles. The van der Waals surface area contributed by atoms with Crippen molar-refractivity contribution in [1.82, 2.24) is 24.4 Å². The van der Waals surface area contributed by atoms with Crippen LogP contribution in [0.4, 0.5) is 17.3 Å². The Morgan fingerprint density at radius 1 is 1.00 bits per heavy atom. The fraction of sp³-hybridized carbons (Fsp3) is 0.429. The predicted octanol–water partition coefficient (Wildman–Crippen LogP) is 6.33. The lowest BCUT2D eigenvalue weighted by molar-refractivity contribution is -0.138. The zero-order valence-corrected chi connectivity index (χ0v) is 27.9. The minimum Gasteiger partial charge on any atom is -0.481 e. The van der Waals surface area contributed by atoms with Crippen molar-refractivity contribution in [2.45, 2.75) is 57.4 Å². The van der Waals surface area contributed by atoms with Gasteiger partial charge in [0.1, 0.15) is 0 Å². The number of rotatable bonds is 8. The maximum absolute atomic E-state index is 13.1. The number of carboxylic acid groups (broad SMARTS) is 1. The van der Waals surface area contributed by atoms with Gasteiger partial charge >= 0.3 is 5.97 Å². The molecular weight excluding hydrogens is 602 g/mol. The number of carboxylic acids is 1. The first-order valence-corrected chi connectivity index (χ1v) is 16.5. The van der Waals surface area contributed by atoms with Crippen LogP contribution in [0.3, 0.4) is 0 Å².